The molecule has 26 heavy (non-hydrogen) atoms. The van der Waals surface area contributed by atoms with Gasteiger partial charge in [-0.2, -0.15) is 0 Å². The first-order chi connectivity index (χ1) is 12.2. The molecular weight excluding hydrogens is 350 g/mol. The summed E-state index contributed by atoms with van der Waals surface area (Å²) in [4.78, 5) is 19.1. The van der Waals surface area contributed by atoms with Crippen LogP contribution in [0, 0.1) is 11.8 Å². The van der Waals surface area contributed by atoms with Crippen molar-refractivity contribution < 1.29 is 14.6 Å². The maximum atomic E-state index is 11.6. The molecule has 1 atom stereocenters. The number of carbonyl (C=O) groups is 1. The van der Waals surface area contributed by atoms with Crippen LogP contribution < -0.4 is 10.5 Å². The van der Waals surface area contributed by atoms with Crippen molar-refractivity contribution in [2.24, 2.45) is 5.73 Å². The van der Waals surface area contributed by atoms with E-state index in [9.17, 15) is 9.90 Å². The Balaban J connectivity index is 2.16. The molecule has 0 fully saturated rings. The van der Waals surface area contributed by atoms with Crippen molar-refractivity contribution in [3.05, 3.63) is 33.6 Å². The molecule has 0 unspecified atom stereocenters. The van der Waals surface area contributed by atoms with Crippen LogP contribution in [-0.2, 0) is 0 Å². The molecule has 1 amide bonds. The molecule has 3 N–H and O–H groups in total. The Bertz CT molecular complexity index is 916. The largest absolute Gasteiger partial charge is 0.491 e. The molecule has 136 valence electrons. The molecule has 2 aromatic rings. The van der Waals surface area contributed by atoms with Crippen LogP contribution in [0.2, 0.25) is 0 Å². The predicted octanol–water partition coefficient (Wildman–Crippen LogP) is 2.03. The smallest absolute Gasteiger partial charge is 0.277 e. The molecule has 3 rings (SSSR count). The van der Waals surface area contributed by atoms with Crippen LogP contribution in [0.1, 0.15) is 40.1 Å². The van der Waals surface area contributed by atoms with Gasteiger partial charge in [0.1, 0.15) is 18.0 Å². The van der Waals surface area contributed by atoms with E-state index >= 15 is 0 Å². The van der Waals surface area contributed by atoms with E-state index in [4.69, 9.17) is 10.5 Å². The van der Waals surface area contributed by atoms with Gasteiger partial charge in [-0.3, -0.25) is 9.69 Å². The Kier molecular flexibility index (Phi) is 4.76. The van der Waals surface area contributed by atoms with Crippen molar-refractivity contribution >= 4 is 17.2 Å². The summed E-state index contributed by atoms with van der Waals surface area (Å²) in [5.74, 6) is 5.91. The van der Waals surface area contributed by atoms with Gasteiger partial charge in [0.2, 0.25) is 0 Å². The number of hydrogen-bond acceptors (Lipinski definition) is 6. The zero-order valence-electron chi connectivity index (χ0n) is 15.2. The number of primary amides is 1. The zero-order chi connectivity index (χ0) is 19.1. The van der Waals surface area contributed by atoms with Crippen molar-refractivity contribution in [3.63, 3.8) is 0 Å². The minimum atomic E-state index is -1.08. The molecule has 2 heterocycles. The van der Waals surface area contributed by atoms with Crippen LogP contribution in [0.4, 0.5) is 0 Å². The predicted molar refractivity (Wildman–Crippen MR) is 101 cm³/mol. The molecule has 1 aliphatic rings. The van der Waals surface area contributed by atoms with Crippen LogP contribution in [0.25, 0.3) is 11.3 Å². The van der Waals surface area contributed by atoms with Gasteiger partial charge < -0.3 is 15.6 Å². The van der Waals surface area contributed by atoms with E-state index in [1.165, 1.54) is 11.3 Å². The fourth-order valence-electron chi connectivity index (χ4n) is 2.63. The van der Waals surface area contributed by atoms with E-state index in [2.05, 4.69) is 16.8 Å². The summed E-state index contributed by atoms with van der Waals surface area (Å²) in [6, 6.07) is 5.52. The number of hydrogen-bond donors (Lipinski definition) is 2. The second-order valence-corrected chi connectivity index (χ2v) is 7.94. The molecule has 1 aromatic heterocycles. The maximum absolute atomic E-state index is 11.6. The molecular formula is C19H21N3O3S. The monoisotopic (exact) mass is 371 g/mol. The van der Waals surface area contributed by atoms with E-state index in [1.807, 2.05) is 37.2 Å². The first-order valence-electron chi connectivity index (χ1n) is 8.15. The number of aliphatic hydroxyl groups is 1. The Morgan fingerprint density at radius 2 is 2.19 bits per heavy atom. The van der Waals surface area contributed by atoms with Gasteiger partial charge >= 0.3 is 0 Å². The number of nitrogens with two attached hydrogens (primary N) is 1. The summed E-state index contributed by atoms with van der Waals surface area (Å²) in [5, 5.41) is 10.1. The van der Waals surface area contributed by atoms with E-state index in [0.717, 1.165) is 16.0 Å². The highest BCUT2D eigenvalue weighted by Crippen LogP contribution is 2.42. The number of amides is 1. The lowest BCUT2D eigenvalue weighted by Crippen LogP contribution is -2.24. The quantitative estimate of drug-likeness (QED) is 0.789. The normalized spacial score (nSPS) is 16.0. The number of rotatable bonds is 2. The lowest BCUT2D eigenvalue weighted by atomic mass is 10.0. The fraction of sp³-hybridized carbons (Fsp3) is 0.368. The van der Waals surface area contributed by atoms with Crippen LogP contribution in [0.3, 0.4) is 0 Å². The highest BCUT2D eigenvalue weighted by Gasteiger charge is 2.30. The van der Waals surface area contributed by atoms with Crippen LogP contribution in [0.15, 0.2) is 18.2 Å². The third-order valence-electron chi connectivity index (χ3n) is 3.93. The topological polar surface area (TPSA) is 88.7 Å². The Hall–Kier alpha value is -2.40. The number of aromatic nitrogens is 1. The van der Waals surface area contributed by atoms with E-state index in [1.54, 1.807) is 13.8 Å². The van der Waals surface area contributed by atoms with Gasteiger partial charge in [-0.1, -0.05) is 11.8 Å². The third kappa shape index (κ3) is 3.73. The number of thiazole rings is 1. The van der Waals surface area contributed by atoms with Crippen molar-refractivity contribution in [2.75, 3.05) is 20.7 Å². The lowest BCUT2D eigenvalue weighted by molar-refractivity contribution is 0.1000. The SMILES string of the molecule is CN(C)[C@H]1COc2ccc(C#CC(C)(C)O)cc2-c2nc(C(N)=O)sc21. The Labute approximate surface area is 156 Å². The Morgan fingerprint density at radius 1 is 1.46 bits per heavy atom. The number of benzene rings is 1. The van der Waals surface area contributed by atoms with Gasteiger partial charge in [-0.05, 0) is 46.1 Å². The van der Waals surface area contributed by atoms with Crippen molar-refractivity contribution in [2.45, 2.75) is 25.5 Å². The average Bonchev–Trinajstić information content (AvgIpc) is 2.92. The Morgan fingerprint density at radius 3 is 2.81 bits per heavy atom. The molecule has 0 aliphatic carbocycles. The van der Waals surface area contributed by atoms with E-state index in [0.29, 0.717) is 18.1 Å². The van der Waals surface area contributed by atoms with Crippen molar-refractivity contribution in [3.8, 4) is 28.8 Å². The van der Waals surface area contributed by atoms with E-state index in [-0.39, 0.29) is 11.0 Å². The van der Waals surface area contributed by atoms with Gasteiger partial charge in [-0.15, -0.1) is 11.3 Å². The summed E-state index contributed by atoms with van der Waals surface area (Å²) in [6.45, 7) is 3.71. The summed E-state index contributed by atoms with van der Waals surface area (Å²) in [6.07, 6.45) is 0. The summed E-state index contributed by atoms with van der Waals surface area (Å²) < 4.78 is 5.98. The molecule has 0 saturated heterocycles. The second kappa shape index (κ2) is 6.72. The zero-order valence-corrected chi connectivity index (χ0v) is 16.0. The molecule has 1 aromatic carbocycles. The number of nitrogens with zero attached hydrogens (tertiary/aromatic N) is 2. The molecule has 6 nitrogen and oxygen atoms in total. The van der Waals surface area contributed by atoms with Crippen LogP contribution in [-0.4, -0.2) is 47.2 Å². The van der Waals surface area contributed by atoms with Crippen LogP contribution in [0.5, 0.6) is 5.75 Å². The van der Waals surface area contributed by atoms with Crippen LogP contribution >= 0.6 is 11.3 Å². The summed E-state index contributed by atoms with van der Waals surface area (Å²) >= 11 is 1.30. The fourth-order valence-corrected chi connectivity index (χ4v) is 3.74. The third-order valence-corrected chi connectivity index (χ3v) is 5.11. The van der Waals surface area contributed by atoms with E-state index < -0.39 is 11.5 Å². The maximum Gasteiger partial charge on any atom is 0.277 e. The van der Waals surface area contributed by atoms with Crippen molar-refractivity contribution in [1.82, 2.24) is 9.88 Å². The molecule has 0 bridgehead atoms. The number of ether oxygens (including phenoxy) is 1. The highest BCUT2D eigenvalue weighted by atomic mass is 32.1. The first kappa shape index (κ1) is 18.4. The van der Waals surface area contributed by atoms with Gasteiger partial charge in [-0.25, -0.2) is 4.98 Å². The minimum absolute atomic E-state index is 0.0334. The average molecular weight is 371 g/mol. The summed E-state index contributed by atoms with van der Waals surface area (Å²) in [7, 11) is 3.91. The van der Waals surface area contributed by atoms with Gasteiger partial charge in [0, 0.05) is 11.1 Å². The minimum Gasteiger partial charge on any atom is -0.491 e. The second-order valence-electron chi connectivity index (χ2n) is 6.91. The number of fused-ring (bicyclic) bond motifs is 3. The molecule has 1 aliphatic heterocycles. The standard InChI is InChI=1S/C19H21N3O3S/c1-19(2,24)8-7-11-5-6-14-12(9-11)15-16(13(10-25-14)22(3)4)26-18(21-15)17(20)23/h5-6,9,13,24H,10H2,1-4H3,(H2,20,23)/t13-/m0/s1. The van der Waals surface area contributed by atoms with Gasteiger partial charge in [0.25, 0.3) is 5.91 Å². The van der Waals surface area contributed by atoms with Gasteiger partial charge in [0.05, 0.1) is 16.6 Å². The molecule has 7 heteroatoms. The lowest BCUT2D eigenvalue weighted by Gasteiger charge is -2.21. The van der Waals surface area contributed by atoms with Crippen molar-refractivity contribution in [1.29, 1.82) is 0 Å². The molecule has 0 radical (unpaired) electrons. The number of carbonyl (C=O) groups excluding carboxylic acids is 1. The summed E-state index contributed by atoms with van der Waals surface area (Å²) in [5.41, 5.74) is 6.57. The highest BCUT2D eigenvalue weighted by molar-refractivity contribution is 7.14. The van der Waals surface area contributed by atoms with Gasteiger partial charge in [0.15, 0.2) is 5.01 Å². The first-order valence-corrected chi connectivity index (χ1v) is 8.97. The molecule has 0 spiro atoms. The molecule has 0 saturated carbocycles. The number of likely N-dealkylation sites (N-methyl/N-ethyl adjacent to an activating group) is 1.